The third-order valence-electron chi connectivity index (χ3n) is 3.95. The maximum atomic E-state index is 12.3. The number of benzene rings is 1. The van der Waals surface area contributed by atoms with E-state index in [-0.39, 0.29) is 12.5 Å². The van der Waals surface area contributed by atoms with Crippen molar-refractivity contribution in [2.45, 2.75) is 19.3 Å². The van der Waals surface area contributed by atoms with Gasteiger partial charge in [0, 0.05) is 25.4 Å². The fourth-order valence-corrected chi connectivity index (χ4v) is 2.71. The van der Waals surface area contributed by atoms with Crippen LogP contribution in [0.2, 0.25) is 0 Å². The third kappa shape index (κ3) is 2.97. The number of aromatic nitrogens is 2. The van der Waals surface area contributed by atoms with Gasteiger partial charge >= 0.3 is 5.97 Å². The molecular weight excluding hydrogens is 294 g/mol. The third-order valence-corrected chi connectivity index (χ3v) is 3.95. The molecule has 6 nitrogen and oxygen atoms in total. The molecule has 1 aliphatic carbocycles. The quantitative estimate of drug-likeness (QED) is 0.804. The van der Waals surface area contributed by atoms with Crippen molar-refractivity contribution in [3.8, 4) is 5.69 Å². The molecule has 6 heteroatoms. The number of hydrogen-bond acceptors (Lipinski definition) is 4. The number of hydrogen-bond donors (Lipinski definition) is 0. The van der Waals surface area contributed by atoms with Gasteiger partial charge in [0.2, 0.25) is 0 Å². The summed E-state index contributed by atoms with van der Waals surface area (Å²) in [5.41, 5.74) is 3.25. The van der Waals surface area contributed by atoms with Crippen molar-refractivity contribution in [2.75, 3.05) is 20.7 Å². The molecule has 3 rings (SSSR count). The summed E-state index contributed by atoms with van der Waals surface area (Å²) in [6.07, 6.45) is 2.70. The zero-order valence-corrected chi connectivity index (χ0v) is 13.3. The molecule has 0 fully saturated rings. The number of nitrogens with zero attached hydrogens (tertiary/aromatic N) is 3. The van der Waals surface area contributed by atoms with E-state index in [2.05, 4.69) is 5.10 Å². The van der Waals surface area contributed by atoms with Crippen molar-refractivity contribution < 1.29 is 14.3 Å². The molecule has 0 N–H and O–H groups in total. The number of carbonyl (C=O) groups is 2. The first kappa shape index (κ1) is 15.3. The second-order valence-corrected chi connectivity index (χ2v) is 5.74. The Balaban J connectivity index is 1.86. The molecule has 2 aromatic rings. The predicted molar refractivity (Wildman–Crippen MR) is 84.6 cm³/mol. The Bertz CT molecular complexity index is 735. The van der Waals surface area contributed by atoms with Gasteiger partial charge in [-0.3, -0.25) is 4.79 Å². The molecule has 120 valence electrons. The predicted octanol–water partition coefficient (Wildman–Crippen LogP) is 1.61. The van der Waals surface area contributed by atoms with Gasteiger partial charge in [0.25, 0.3) is 5.91 Å². The normalized spacial score (nSPS) is 12.8. The molecular formula is C17H19N3O3. The minimum atomic E-state index is -0.534. The average molecular weight is 313 g/mol. The number of para-hydroxylation sites is 1. The van der Waals surface area contributed by atoms with E-state index in [1.54, 1.807) is 14.1 Å². The molecule has 0 saturated carbocycles. The van der Waals surface area contributed by atoms with Gasteiger partial charge in [-0.15, -0.1) is 0 Å². The van der Waals surface area contributed by atoms with Crippen molar-refractivity contribution in [3.05, 3.63) is 47.3 Å². The standard InChI is InChI=1S/C17H19N3O3/c1-19(2)15(21)11-23-17(22)16-13-9-6-10-14(13)20(18-16)12-7-4-3-5-8-12/h3-5,7-8H,6,9-11H2,1-2H3. The maximum absolute atomic E-state index is 12.3. The SMILES string of the molecule is CN(C)C(=O)COC(=O)c1nn(-c2ccccc2)c2c1CCC2. The van der Waals surface area contributed by atoms with E-state index in [9.17, 15) is 9.59 Å². The molecule has 0 radical (unpaired) electrons. The number of carbonyl (C=O) groups excluding carboxylic acids is 2. The highest BCUT2D eigenvalue weighted by Gasteiger charge is 2.28. The van der Waals surface area contributed by atoms with E-state index in [4.69, 9.17) is 4.74 Å². The highest BCUT2D eigenvalue weighted by Crippen LogP contribution is 2.28. The smallest absolute Gasteiger partial charge is 0.359 e. The van der Waals surface area contributed by atoms with Gasteiger partial charge in [0.1, 0.15) is 0 Å². The van der Waals surface area contributed by atoms with Crippen molar-refractivity contribution in [2.24, 2.45) is 0 Å². The molecule has 0 spiro atoms. The zero-order chi connectivity index (χ0) is 16.4. The second kappa shape index (κ2) is 6.24. The van der Waals surface area contributed by atoms with Crippen molar-refractivity contribution in [1.29, 1.82) is 0 Å². The first-order chi connectivity index (χ1) is 11.1. The van der Waals surface area contributed by atoms with Crippen LogP contribution in [0.5, 0.6) is 0 Å². The van der Waals surface area contributed by atoms with E-state index in [1.165, 1.54) is 4.90 Å². The van der Waals surface area contributed by atoms with Gasteiger partial charge in [0.05, 0.1) is 5.69 Å². The van der Waals surface area contributed by atoms with Crippen LogP contribution >= 0.6 is 0 Å². The molecule has 23 heavy (non-hydrogen) atoms. The van der Waals surface area contributed by atoms with E-state index in [0.717, 1.165) is 36.2 Å². The number of amides is 1. The second-order valence-electron chi connectivity index (χ2n) is 5.74. The Hall–Kier alpha value is -2.63. The highest BCUT2D eigenvalue weighted by atomic mass is 16.5. The molecule has 1 heterocycles. The monoisotopic (exact) mass is 313 g/mol. The average Bonchev–Trinajstić information content (AvgIpc) is 3.15. The summed E-state index contributed by atoms with van der Waals surface area (Å²) in [6, 6.07) is 9.72. The summed E-state index contributed by atoms with van der Waals surface area (Å²) in [7, 11) is 3.25. The van der Waals surface area contributed by atoms with Crippen LogP contribution in [0.15, 0.2) is 30.3 Å². The van der Waals surface area contributed by atoms with Crippen molar-refractivity contribution in [1.82, 2.24) is 14.7 Å². The van der Waals surface area contributed by atoms with Crippen LogP contribution in [-0.4, -0.2) is 47.3 Å². The summed E-state index contributed by atoms with van der Waals surface area (Å²) < 4.78 is 6.93. The Labute approximate surface area is 134 Å². The van der Waals surface area contributed by atoms with Crippen LogP contribution in [-0.2, 0) is 22.4 Å². The highest BCUT2D eigenvalue weighted by molar-refractivity contribution is 5.91. The van der Waals surface area contributed by atoms with E-state index >= 15 is 0 Å². The summed E-state index contributed by atoms with van der Waals surface area (Å²) >= 11 is 0. The van der Waals surface area contributed by atoms with Gasteiger partial charge in [-0.1, -0.05) is 18.2 Å². The zero-order valence-electron chi connectivity index (χ0n) is 13.3. The van der Waals surface area contributed by atoms with Crippen LogP contribution < -0.4 is 0 Å². The molecule has 0 saturated heterocycles. The van der Waals surface area contributed by atoms with Gasteiger partial charge in [-0.25, -0.2) is 9.48 Å². The lowest BCUT2D eigenvalue weighted by Gasteiger charge is -2.10. The van der Waals surface area contributed by atoms with Crippen molar-refractivity contribution in [3.63, 3.8) is 0 Å². The van der Waals surface area contributed by atoms with E-state index < -0.39 is 5.97 Å². The molecule has 1 aliphatic rings. The fourth-order valence-electron chi connectivity index (χ4n) is 2.71. The topological polar surface area (TPSA) is 64.4 Å². The summed E-state index contributed by atoms with van der Waals surface area (Å²) in [4.78, 5) is 25.3. The Morgan fingerprint density at radius 1 is 1.22 bits per heavy atom. The molecule has 1 aromatic carbocycles. The number of ether oxygens (including phenoxy) is 1. The summed E-state index contributed by atoms with van der Waals surface area (Å²) in [6.45, 7) is -0.265. The van der Waals surface area contributed by atoms with Gasteiger partial charge in [-0.05, 0) is 31.4 Å². The van der Waals surface area contributed by atoms with Crippen LogP contribution in [0.4, 0.5) is 0 Å². The number of esters is 1. The molecule has 1 amide bonds. The molecule has 0 atom stereocenters. The van der Waals surface area contributed by atoms with Gasteiger partial charge in [-0.2, -0.15) is 5.10 Å². The van der Waals surface area contributed by atoms with Crippen molar-refractivity contribution >= 4 is 11.9 Å². The Morgan fingerprint density at radius 3 is 2.65 bits per heavy atom. The number of rotatable bonds is 4. The fraction of sp³-hybridized carbons (Fsp3) is 0.353. The van der Waals surface area contributed by atoms with E-state index in [0.29, 0.717) is 5.69 Å². The minimum absolute atomic E-state index is 0.252. The first-order valence-corrected chi connectivity index (χ1v) is 7.61. The maximum Gasteiger partial charge on any atom is 0.359 e. The molecule has 0 aliphatic heterocycles. The largest absolute Gasteiger partial charge is 0.451 e. The van der Waals surface area contributed by atoms with Crippen LogP contribution in [0.25, 0.3) is 5.69 Å². The molecule has 0 bridgehead atoms. The lowest BCUT2D eigenvalue weighted by atomic mass is 10.2. The molecule has 1 aromatic heterocycles. The van der Waals surface area contributed by atoms with E-state index in [1.807, 2.05) is 35.0 Å². The lowest BCUT2D eigenvalue weighted by Crippen LogP contribution is -2.27. The minimum Gasteiger partial charge on any atom is -0.451 e. The summed E-state index contributed by atoms with van der Waals surface area (Å²) in [5, 5.41) is 4.44. The molecule has 0 unspecified atom stereocenters. The Morgan fingerprint density at radius 2 is 1.96 bits per heavy atom. The number of likely N-dealkylation sites (N-methyl/N-ethyl adjacent to an activating group) is 1. The first-order valence-electron chi connectivity index (χ1n) is 7.61. The van der Waals surface area contributed by atoms with Gasteiger partial charge in [0.15, 0.2) is 12.3 Å². The van der Waals surface area contributed by atoms with Gasteiger partial charge < -0.3 is 9.64 Å². The lowest BCUT2D eigenvalue weighted by molar-refractivity contribution is -0.131. The van der Waals surface area contributed by atoms with Crippen LogP contribution in [0, 0.1) is 0 Å². The van der Waals surface area contributed by atoms with Crippen LogP contribution in [0.1, 0.15) is 28.2 Å². The Kier molecular flexibility index (Phi) is 4.14. The summed E-state index contributed by atoms with van der Waals surface area (Å²) in [5.74, 6) is -0.787. The number of fused-ring (bicyclic) bond motifs is 1. The van der Waals surface area contributed by atoms with Crippen LogP contribution in [0.3, 0.4) is 0 Å².